The first-order valence-corrected chi connectivity index (χ1v) is 8.29. The van der Waals surface area contributed by atoms with Gasteiger partial charge in [0.2, 0.25) is 0 Å². The Bertz CT molecular complexity index is 678. The molecule has 0 unspecified atom stereocenters. The van der Waals surface area contributed by atoms with E-state index in [0.717, 1.165) is 47.8 Å². The molecule has 1 saturated heterocycles. The minimum absolute atomic E-state index is 0.0732. The molecule has 23 heavy (non-hydrogen) atoms. The Balaban J connectivity index is 1.68. The van der Waals surface area contributed by atoms with Crippen molar-refractivity contribution in [3.05, 3.63) is 45.4 Å². The van der Waals surface area contributed by atoms with Gasteiger partial charge in [-0.3, -0.25) is 0 Å². The van der Waals surface area contributed by atoms with Gasteiger partial charge >= 0.3 is 6.18 Å². The van der Waals surface area contributed by atoms with Crippen molar-refractivity contribution in [2.24, 2.45) is 0 Å². The second kappa shape index (κ2) is 6.49. The molecule has 1 atom stereocenters. The Morgan fingerprint density at radius 3 is 2.91 bits per heavy atom. The molecule has 7 heteroatoms. The minimum Gasteiger partial charge on any atom is -0.379 e. The number of nitrogens with one attached hydrogen (secondary N) is 1. The van der Waals surface area contributed by atoms with Crippen molar-refractivity contribution in [1.82, 2.24) is 4.98 Å². The van der Waals surface area contributed by atoms with Crippen molar-refractivity contribution < 1.29 is 17.9 Å². The molecule has 1 aliphatic rings. The Morgan fingerprint density at radius 1 is 1.39 bits per heavy atom. The molecule has 124 valence electrons. The molecule has 0 spiro atoms. The summed E-state index contributed by atoms with van der Waals surface area (Å²) < 4.78 is 43.9. The van der Waals surface area contributed by atoms with Gasteiger partial charge in [0.15, 0.2) is 0 Å². The quantitative estimate of drug-likeness (QED) is 0.855. The second-order valence-corrected chi connectivity index (χ2v) is 6.45. The lowest BCUT2D eigenvalue weighted by atomic mass is 10.1. The predicted octanol–water partition coefficient (Wildman–Crippen LogP) is 4.93. The number of hydrogen-bond acceptors (Lipinski definition) is 4. The number of aromatic nitrogens is 1. The summed E-state index contributed by atoms with van der Waals surface area (Å²) in [5.74, 6) is 0. The Labute approximate surface area is 136 Å². The molecule has 0 bridgehead atoms. The number of benzene rings is 1. The van der Waals surface area contributed by atoms with Gasteiger partial charge in [-0.15, -0.1) is 11.3 Å². The van der Waals surface area contributed by atoms with Crippen LogP contribution in [-0.2, 0) is 17.5 Å². The molecule has 1 aromatic carbocycles. The molecular weight excluding hydrogens is 325 g/mol. The fourth-order valence-corrected chi connectivity index (χ4v) is 3.40. The van der Waals surface area contributed by atoms with E-state index in [1.807, 2.05) is 5.38 Å². The molecule has 0 aliphatic carbocycles. The molecule has 1 fully saturated rings. The van der Waals surface area contributed by atoms with Crippen LogP contribution >= 0.6 is 11.3 Å². The van der Waals surface area contributed by atoms with Gasteiger partial charge in [0.1, 0.15) is 11.1 Å². The average molecular weight is 342 g/mol. The number of ether oxygens (including phenoxy) is 1. The second-order valence-electron chi connectivity index (χ2n) is 5.56. The summed E-state index contributed by atoms with van der Waals surface area (Å²) in [7, 11) is 0. The fourth-order valence-electron chi connectivity index (χ4n) is 2.50. The van der Waals surface area contributed by atoms with Crippen molar-refractivity contribution >= 4 is 17.0 Å². The van der Waals surface area contributed by atoms with Gasteiger partial charge in [-0.25, -0.2) is 4.98 Å². The predicted molar refractivity (Wildman–Crippen MR) is 83.5 cm³/mol. The van der Waals surface area contributed by atoms with Crippen molar-refractivity contribution in [3.63, 3.8) is 0 Å². The number of anilines is 1. The van der Waals surface area contributed by atoms with E-state index in [4.69, 9.17) is 4.74 Å². The van der Waals surface area contributed by atoms with Gasteiger partial charge in [0.05, 0.1) is 17.8 Å². The number of thiazole rings is 1. The highest BCUT2D eigenvalue weighted by atomic mass is 32.1. The summed E-state index contributed by atoms with van der Waals surface area (Å²) in [6.07, 6.45) is -2.24. The number of aryl methyl sites for hydroxylation is 1. The first-order valence-electron chi connectivity index (χ1n) is 7.41. The van der Waals surface area contributed by atoms with Gasteiger partial charge < -0.3 is 10.1 Å². The maximum atomic E-state index is 12.8. The first kappa shape index (κ1) is 16.3. The van der Waals surface area contributed by atoms with E-state index in [9.17, 15) is 13.2 Å². The number of alkyl halides is 3. The topological polar surface area (TPSA) is 34.1 Å². The van der Waals surface area contributed by atoms with Gasteiger partial charge in [-0.05, 0) is 37.5 Å². The van der Waals surface area contributed by atoms with E-state index in [2.05, 4.69) is 10.3 Å². The van der Waals surface area contributed by atoms with Crippen LogP contribution < -0.4 is 5.32 Å². The molecule has 1 aliphatic heterocycles. The van der Waals surface area contributed by atoms with Crippen molar-refractivity contribution in [3.8, 4) is 0 Å². The number of halogens is 3. The minimum atomic E-state index is -4.34. The highest BCUT2D eigenvalue weighted by molar-refractivity contribution is 7.09. The van der Waals surface area contributed by atoms with Crippen LogP contribution in [0, 0.1) is 6.92 Å². The summed E-state index contributed by atoms with van der Waals surface area (Å²) in [4.78, 5) is 4.52. The lowest BCUT2D eigenvalue weighted by molar-refractivity contribution is -0.137. The van der Waals surface area contributed by atoms with Crippen LogP contribution in [0.15, 0.2) is 23.6 Å². The molecule has 3 nitrogen and oxygen atoms in total. The van der Waals surface area contributed by atoms with Crippen molar-refractivity contribution in [1.29, 1.82) is 0 Å². The maximum Gasteiger partial charge on any atom is 0.416 e. The molecule has 0 amide bonds. The standard InChI is InChI=1S/C16H17F3N2OS/c1-10-4-5-11(16(17,18)19)7-13(10)20-8-12-9-23-15(21-12)14-3-2-6-22-14/h4-5,7,9,14,20H,2-3,6,8H2,1H3/t14-/m0/s1. The lowest BCUT2D eigenvalue weighted by Gasteiger charge is -2.12. The highest BCUT2D eigenvalue weighted by Gasteiger charge is 2.30. The molecule has 2 aromatic rings. The highest BCUT2D eigenvalue weighted by Crippen LogP contribution is 2.33. The van der Waals surface area contributed by atoms with Crippen LogP contribution in [0.4, 0.5) is 18.9 Å². The summed E-state index contributed by atoms with van der Waals surface area (Å²) in [6.45, 7) is 2.94. The third-order valence-electron chi connectivity index (χ3n) is 3.80. The number of hydrogen-bond donors (Lipinski definition) is 1. The van der Waals surface area contributed by atoms with E-state index >= 15 is 0 Å². The Hall–Kier alpha value is -1.60. The Morgan fingerprint density at radius 2 is 2.22 bits per heavy atom. The van der Waals surface area contributed by atoms with Gasteiger partial charge in [0.25, 0.3) is 0 Å². The van der Waals surface area contributed by atoms with E-state index in [1.54, 1.807) is 6.92 Å². The lowest BCUT2D eigenvalue weighted by Crippen LogP contribution is -2.08. The zero-order valence-electron chi connectivity index (χ0n) is 12.6. The first-order chi connectivity index (χ1) is 10.9. The molecule has 3 rings (SSSR count). The van der Waals surface area contributed by atoms with E-state index in [1.165, 1.54) is 17.4 Å². The Kier molecular flexibility index (Phi) is 4.59. The molecular formula is C16H17F3N2OS. The summed E-state index contributed by atoms with van der Waals surface area (Å²) >= 11 is 1.54. The largest absolute Gasteiger partial charge is 0.416 e. The van der Waals surface area contributed by atoms with E-state index in [-0.39, 0.29) is 6.10 Å². The normalized spacial score (nSPS) is 18.3. The van der Waals surface area contributed by atoms with Crippen LogP contribution in [0.3, 0.4) is 0 Å². The SMILES string of the molecule is Cc1ccc(C(F)(F)F)cc1NCc1csc([C@@H]2CCCO2)n1. The summed E-state index contributed by atoms with van der Waals surface area (Å²) in [5, 5.41) is 5.92. The summed E-state index contributed by atoms with van der Waals surface area (Å²) in [5.41, 5.74) is 1.42. The third kappa shape index (κ3) is 3.84. The smallest absolute Gasteiger partial charge is 0.379 e. The van der Waals surface area contributed by atoms with Gasteiger partial charge in [0, 0.05) is 17.7 Å². The van der Waals surface area contributed by atoms with E-state index in [0.29, 0.717) is 12.2 Å². The van der Waals surface area contributed by atoms with Crippen molar-refractivity contribution in [2.45, 2.75) is 38.6 Å². The number of rotatable bonds is 4. The van der Waals surface area contributed by atoms with E-state index < -0.39 is 11.7 Å². The fraction of sp³-hybridized carbons (Fsp3) is 0.438. The van der Waals surface area contributed by atoms with Crippen LogP contribution in [0.5, 0.6) is 0 Å². The average Bonchev–Trinajstić information content (AvgIpc) is 3.16. The monoisotopic (exact) mass is 342 g/mol. The van der Waals surface area contributed by atoms with Crippen LogP contribution in [-0.4, -0.2) is 11.6 Å². The van der Waals surface area contributed by atoms with Gasteiger partial charge in [-0.2, -0.15) is 13.2 Å². The molecule has 0 radical (unpaired) electrons. The molecule has 1 aromatic heterocycles. The van der Waals surface area contributed by atoms with Gasteiger partial charge in [-0.1, -0.05) is 6.07 Å². The zero-order chi connectivity index (χ0) is 16.4. The van der Waals surface area contributed by atoms with Crippen LogP contribution in [0.2, 0.25) is 0 Å². The van der Waals surface area contributed by atoms with Crippen LogP contribution in [0.25, 0.3) is 0 Å². The van der Waals surface area contributed by atoms with Crippen LogP contribution in [0.1, 0.15) is 40.8 Å². The molecule has 1 N–H and O–H groups in total. The maximum absolute atomic E-state index is 12.8. The number of nitrogens with zero attached hydrogens (tertiary/aromatic N) is 1. The molecule has 2 heterocycles. The zero-order valence-corrected chi connectivity index (χ0v) is 13.4. The third-order valence-corrected chi connectivity index (χ3v) is 4.79. The summed E-state index contributed by atoms with van der Waals surface area (Å²) in [6, 6.07) is 3.71. The molecule has 0 saturated carbocycles. The van der Waals surface area contributed by atoms with Crippen molar-refractivity contribution in [2.75, 3.05) is 11.9 Å².